The third-order valence-corrected chi connectivity index (χ3v) is 6.24. The van der Waals surface area contributed by atoms with Crippen LogP contribution in [-0.2, 0) is 12.8 Å². The van der Waals surface area contributed by atoms with E-state index in [4.69, 9.17) is 4.98 Å². The highest BCUT2D eigenvalue weighted by Gasteiger charge is 2.20. The number of hydrogen-bond acceptors (Lipinski definition) is 3. The van der Waals surface area contributed by atoms with Gasteiger partial charge in [-0.25, -0.2) is 13.8 Å². The number of aromatic nitrogens is 1. The fraction of sp³-hybridized carbons (Fsp3) is 0.414. The number of anilines is 1. The third-order valence-electron chi connectivity index (χ3n) is 6.24. The summed E-state index contributed by atoms with van der Waals surface area (Å²) in [5.41, 5.74) is 6.75. The largest absolute Gasteiger partial charge is 0.394 e. The lowest BCUT2D eigenvalue weighted by Gasteiger charge is -2.21. The topological polar surface area (TPSA) is 28.2 Å². The van der Waals surface area contributed by atoms with Gasteiger partial charge in [0.25, 0.3) is 0 Å². The van der Waals surface area contributed by atoms with E-state index in [9.17, 15) is 8.78 Å². The molecule has 182 valence electrons. The van der Waals surface area contributed by atoms with Crippen molar-refractivity contribution in [3.63, 3.8) is 0 Å². The van der Waals surface area contributed by atoms with Crippen LogP contribution in [0.2, 0.25) is 0 Å². The smallest absolute Gasteiger partial charge is 0.245 e. The third kappa shape index (κ3) is 7.02. The predicted molar refractivity (Wildman–Crippen MR) is 141 cm³/mol. The van der Waals surface area contributed by atoms with Gasteiger partial charge < -0.3 is 10.2 Å². The van der Waals surface area contributed by atoms with Gasteiger partial charge in [0.05, 0.1) is 11.2 Å². The Labute approximate surface area is 202 Å². The van der Waals surface area contributed by atoms with E-state index < -0.39 is 5.92 Å². The van der Waals surface area contributed by atoms with Crippen molar-refractivity contribution in [2.75, 3.05) is 25.0 Å². The summed E-state index contributed by atoms with van der Waals surface area (Å²) in [4.78, 5) is 7.46. The maximum Gasteiger partial charge on any atom is 0.245 e. The summed E-state index contributed by atoms with van der Waals surface area (Å²) in [6.45, 7) is 8.71. The van der Waals surface area contributed by atoms with E-state index in [0.29, 0.717) is 12.8 Å². The van der Waals surface area contributed by atoms with Gasteiger partial charge in [-0.2, -0.15) is 0 Å². The van der Waals surface area contributed by atoms with E-state index in [1.165, 1.54) is 29.5 Å². The van der Waals surface area contributed by atoms with Gasteiger partial charge in [-0.3, -0.25) is 0 Å². The van der Waals surface area contributed by atoms with Crippen molar-refractivity contribution < 1.29 is 8.78 Å². The predicted octanol–water partition coefficient (Wildman–Crippen LogP) is 7.39. The zero-order valence-corrected chi connectivity index (χ0v) is 20.7. The molecular weight excluding hydrogens is 428 g/mol. The van der Waals surface area contributed by atoms with Gasteiger partial charge in [-0.1, -0.05) is 49.9 Å². The Bertz CT molecular complexity index is 1070. The normalized spacial score (nSPS) is 13.5. The number of hydrogen-bond donors (Lipinski definition) is 1. The van der Waals surface area contributed by atoms with Gasteiger partial charge in [0.1, 0.15) is 0 Å². The number of nitrogens with one attached hydrogen (secondary N) is 1. The summed E-state index contributed by atoms with van der Waals surface area (Å²) < 4.78 is 26.1. The van der Waals surface area contributed by atoms with Gasteiger partial charge in [0.15, 0.2) is 0 Å². The maximum absolute atomic E-state index is 13.0. The Kier molecular flexibility index (Phi) is 9.03. The number of rotatable bonds is 8. The number of aryl methyl sites for hydroxylation is 2. The first-order chi connectivity index (χ1) is 16.3. The molecule has 0 radical (unpaired) electrons. The van der Waals surface area contributed by atoms with E-state index >= 15 is 0 Å². The molecule has 1 aliphatic rings. The second kappa shape index (κ2) is 12.0. The Morgan fingerprint density at radius 2 is 1.71 bits per heavy atom. The molecular formula is C29H37F2N3. The van der Waals surface area contributed by atoms with E-state index in [1.54, 1.807) is 6.20 Å². The van der Waals surface area contributed by atoms with Crippen LogP contribution in [-0.4, -0.2) is 31.0 Å². The Morgan fingerprint density at radius 3 is 2.29 bits per heavy atom. The molecule has 5 heteroatoms. The van der Waals surface area contributed by atoms with Gasteiger partial charge >= 0.3 is 0 Å². The van der Waals surface area contributed by atoms with Crippen molar-refractivity contribution >= 4 is 16.6 Å². The molecule has 0 saturated carbocycles. The van der Waals surface area contributed by atoms with Crippen LogP contribution in [0.25, 0.3) is 22.2 Å². The maximum atomic E-state index is 13.0. The quantitative estimate of drug-likeness (QED) is 0.376. The number of pyridine rings is 1. The fourth-order valence-corrected chi connectivity index (χ4v) is 4.29. The van der Waals surface area contributed by atoms with Crippen molar-refractivity contribution in [1.82, 2.24) is 10.3 Å². The van der Waals surface area contributed by atoms with E-state index in [0.717, 1.165) is 48.8 Å². The van der Waals surface area contributed by atoms with Crippen molar-refractivity contribution in [2.24, 2.45) is 0 Å². The Balaban J connectivity index is 0.000000751. The zero-order chi connectivity index (χ0) is 24.6. The SMILES string of the molecule is C=CNC.CCc1ccc2c(N3CCCC3)cc(-c3ccc(CCCC(C)(F)F)cc3)nc2c1. The first-order valence-electron chi connectivity index (χ1n) is 12.3. The molecule has 0 bridgehead atoms. The summed E-state index contributed by atoms with van der Waals surface area (Å²) in [5, 5.41) is 3.91. The van der Waals surface area contributed by atoms with Crippen LogP contribution < -0.4 is 10.2 Å². The van der Waals surface area contributed by atoms with Gasteiger partial charge in [0, 0.05) is 43.2 Å². The molecule has 2 heterocycles. The van der Waals surface area contributed by atoms with Crippen molar-refractivity contribution in [2.45, 2.75) is 58.3 Å². The second-order valence-corrected chi connectivity index (χ2v) is 9.04. The van der Waals surface area contributed by atoms with Crippen LogP contribution in [0.1, 0.15) is 50.7 Å². The molecule has 0 aliphatic carbocycles. The monoisotopic (exact) mass is 465 g/mol. The molecule has 1 fully saturated rings. The van der Waals surface area contributed by atoms with Crippen molar-refractivity contribution in [3.8, 4) is 11.3 Å². The fourth-order valence-electron chi connectivity index (χ4n) is 4.29. The average Bonchev–Trinajstić information content (AvgIpc) is 3.37. The molecule has 34 heavy (non-hydrogen) atoms. The molecule has 1 saturated heterocycles. The molecule has 3 nitrogen and oxygen atoms in total. The molecule has 0 amide bonds. The number of fused-ring (bicyclic) bond motifs is 1. The number of nitrogens with zero attached hydrogens (tertiary/aromatic N) is 2. The average molecular weight is 466 g/mol. The summed E-state index contributed by atoms with van der Waals surface area (Å²) in [6.07, 6.45) is 6.19. The van der Waals surface area contributed by atoms with Gasteiger partial charge in [-0.05, 0) is 68.5 Å². The highest BCUT2D eigenvalue weighted by atomic mass is 19.3. The highest BCUT2D eigenvalue weighted by molar-refractivity contribution is 5.94. The van der Waals surface area contributed by atoms with Gasteiger partial charge in [0.2, 0.25) is 5.92 Å². The molecule has 0 atom stereocenters. The molecule has 3 aromatic rings. The number of alkyl halides is 2. The molecule has 2 aromatic carbocycles. The first kappa shape index (κ1) is 25.7. The summed E-state index contributed by atoms with van der Waals surface area (Å²) in [5.74, 6) is -2.59. The Hall–Kier alpha value is -2.95. The summed E-state index contributed by atoms with van der Waals surface area (Å²) in [6, 6.07) is 17.1. The van der Waals surface area contributed by atoms with Crippen LogP contribution >= 0.6 is 0 Å². The Morgan fingerprint density at radius 1 is 1.06 bits per heavy atom. The standard InChI is InChI=1S/C26H30F2N2.C3H7N/c1-3-19-10-13-22-24(17-19)29-23(18-25(22)30-15-4-5-16-30)21-11-8-20(9-12-21)7-6-14-26(2,27)28;1-3-4-2/h8-13,17-18H,3-7,14-16H2,1-2H3;3-4H,1H2,2H3. The molecule has 0 unspecified atom stereocenters. The molecule has 4 rings (SSSR count). The van der Waals surface area contributed by atoms with Crippen LogP contribution in [0.5, 0.6) is 0 Å². The number of benzene rings is 2. The summed E-state index contributed by atoms with van der Waals surface area (Å²) >= 11 is 0. The minimum absolute atomic E-state index is 0.0695. The lowest BCUT2D eigenvalue weighted by molar-refractivity contribution is 0.0111. The van der Waals surface area contributed by atoms with E-state index in [2.05, 4.69) is 60.1 Å². The van der Waals surface area contributed by atoms with Crippen LogP contribution in [0.15, 0.2) is 61.3 Å². The highest BCUT2D eigenvalue weighted by Crippen LogP contribution is 2.33. The molecule has 1 aromatic heterocycles. The molecule has 1 N–H and O–H groups in total. The van der Waals surface area contributed by atoms with Crippen molar-refractivity contribution in [1.29, 1.82) is 0 Å². The molecule has 1 aliphatic heterocycles. The minimum atomic E-state index is -2.59. The zero-order valence-electron chi connectivity index (χ0n) is 20.7. The van der Waals surface area contributed by atoms with E-state index in [-0.39, 0.29) is 6.42 Å². The van der Waals surface area contributed by atoms with Gasteiger partial charge in [-0.15, -0.1) is 0 Å². The van der Waals surface area contributed by atoms with Crippen LogP contribution in [0, 0.1) is 0 Å². The van der Waals surface area contributed by atoms with Crippen LogP contribution in [0.4, 0.5) is 14.5 Å². The lowest BCUT2D eigenvalue weighted by atomic mass is 10.0. The first-order valence-corrected chi connectivity index (χ1v) is 12.3. The van der Waals surface area contributed by atoms with Crippen LogP contribution in [0.3, 0.4) is 0 Å². The minimum Gasteiger partial charge on any atom is -0.394 e. The van der Waals surface area contributed by atoms with E-state index in [1.807, 2.05) is 19.2 Å². The second-order valence-electron chi connectivity index (χ2n) is 9.04. The van der Waals surface area contributed by atoms with Crippen molar-refractivity contribution in [3.05, 3.63) is 72.4 Å². The summed E-state index contributed by atoms with van der Waals surface area (Å²) in [7, 11) is 1.81. The number of halogens is 2. The molecule has 0 spiro atoms. The lowest BCUT2D eigenvalue weighted by Crippen LogP contribution is -2.18.